The fourth-order valence-corrected chi connectivity index (χ4v) is 2.13. The molecule has 1 aromatic carbocycles. The van der Waals surface area contributed by atoms with E-state index in [1.807, 2.05) is 0 Å². The number of hydrogen-bond acceptors (Lipinski definition) is 3. The van der Waals surface area contributed by atoms with Crippen LogP contribution in [0, 0.1) is 11.2 Å². The second-order valence-electron chi connectivity index (χ2n) is 4.87. The summed E-state index contributed by atoms with van der Waals surface area (Å²) in [5.74, 6) is -1.92. The van der Waals surface area contributed by atoms with Gasteiger partial charge in [-0.05, 0) is 25.0 Å². The van der Waals surface area contributed by atoms with Crippen LogP contribution in [-0.4, -0.2) is 24.1 Å². The summed E-state index contributed by atoms with van der Waals surface area (Å²) in [6.45, 7) is 3.48. The van der Waals surface area contributed by atoms with Crippen LogP contribution in [0.15, 0.2) is 18.2 Å². The molecular weight excluding hydrogens is 277 g/mol. The van der Waals surface area contributed by atoms with E-state index in [2.05, 4.69) is 5.32 Å². The van der Waals surface area contributed by atoms with E-state index in [1.54, 1.807) is 13.8 Å². The van der Waals surface area contributed by atoms with Gasteiger partial charge in [-0.3, -0.25) is 9.59 Å². The number of halogens is 1. The molecule has 0 aromatic heterocycles. The lowest BCUT2D eigenvalue weighted by Gasteiger charge is -2.25. The molecular formula is C15H20FNO4. The highest BCUT2D eigenvalue weighted by Gasteiger charge is 2.37. The molecule has 0 spiro atoms. The number of hydrogen-bond donors (Lipinski definition) is 2. The highest BCUT2D eigenvalue weighted by Crippen LogP contribution is 2.31. The van der Waals surface area contributed by atoms with Crippen molar-refractivity contribution in [2.75, 3.05) is 12.4 Å². The Balaban J connectivity index is 2.84. The molecule has 0 aliphatic rings. The van der Waals surface area contributed by atoms with Crippen LogP contribution in [-0.2, 0) is 9.59 Å². The van der Waals surface area contributed by atoms with Gasteiger partial charge in [0.25, 0.3) is 0 Å². The molecule has 0 aliphatic carbocycles. The van der Waals surface area contributed by atoms with Crippen LogP contribution in [0.4, 0.5) is 10.1 Å². The van der Waals surface area contributed by atoms with Gasteiger partial charge in [0.2, 0.25) is 5.91 Å². The summed E-state index contributed by atoms with van der Waals surface area (Å²) < 4.78 is 18.1. The largest absolute Gasteiger partial charge is 0.494 e. The monoisotopic (exact) mass is 297 g/mol. The Kier molecular flexibility index (Phi) is 5.69. The van der Waals surface area contributed by atoms with E-state index in [4.69, 9.17) is 4.74 Å². The summed E-state index contributed by atoms with van der Waals surface area (Å²) in [7, 11) is 1.33. The summed E-state index contributed by atoms with van der Waals surface area (Å²) in [5, 5.41) is 11.9. The maximum absolute atomic E-state index is 13.3. The van der Waals surface area contributed by atoms with Crippen LogP contribution in [0.3, 0.4) is 0 Å². The number of methoxy groups -OCH3 is 1. The van der Waals surface area contributed by atoms with Crippen LogP contribution in [0.2, 0.25) is 0 Å². The topological polar surface area (TPSA) is 75.6 Å². The van der Waals surface area contributed by atoms with E-state index in [0.29, 0.717) is 18.5 Å². The Bertz CT molecular complexity index is 526. The Hall–Kier alpha value is -2.11. The molecule has 116 valence electrons. The van der Waals surface area contributed by atoms with E-state index in [-0.39, 0.29) is 12.2 Å². The molecule has 0 atom stereocenters. The molecule has 0 unspecified atom stereocenters. The lowest BCUT2D eigenvalue weighted by atomic mass is 9.79. The number of rotatable bonds is 7. The van der Waals surface area contributed by atoms with Crippen LogP contribution in [0.5, 0.6) is 5.75 Å². The second kappa shape index (κ2) is 7.06. The lowest BCUT2D eigenvalue weighted by molar-refractivity contribution is -0.151. The number of carboxylic acid groups (broad SMARTS) is 1. The summed E-state index contributed by atoms with van der Waals surface area (Å²) in [5.41, 5.74) is -0.710. The average molecular weight is 297 g/mol. The first-order valence-corrected chi connectivity index (χ1v) is 6.75. The molecule has 1 aromatic rings. The van der Waals surface area contributed by atoms with Crippen LogP contribution in [0.25, 0.3) is 0 Å². The minimum atomic E-state index is -1.08. The van der Waals surface area contributed by atoms with Crippen molar-refractivity contribution in [1.82, 2.24) is 0 Å². The third kappa shape index (κ3) is 3.93. The zero-order valence-corrected chi connectivity index (χ0v) is 12.4. The fourth-order valence-electron chi connectivity index (χ4n) is 2.13. The average Bonchev–Trinajstić information content (AvgIpc) is 2.46. The number of carbonyl (C=O) groups is 2. The van der Waals surface area contributed by atoms with E-state index in [0.717, 1.165) is 0 Å². The van der Waals surface area contributed by atoms with Gasteiger partial charge in [-0.2, -0.15) is 0 Å². The molecule has 1 amide bonds. The van der Waals surface area contributed by atoms with Crippen molar-refractivity contribution >= 4 is 17.6 Å². The Morgan fingerprint density at radius 2 is 1.95 bits per heavy atom. The number of benzene rings is 1. The highest BCUT2D eigenvalue weighted by molar-refractivity contribution is 5.94. The van der Waals surface area contributed by atoms with Gasteiger partial charge < -0.3 is 15.2 Å². The number of aliphatic carboxylic acids is 1. The fraction of sp³-hybridized carbons (Fsp3) is 0.467. The van der Waals surface area contributed by atoms with Gasteiger partial charge in [0.15, 0.2) is 11.6 Å². The first kappa shape index (κ1) is 16.9. The molecule has 2 N–H and O–H groups in total. The number of carboxylic acids is 1. The van der Waals surface area contributed by atoms with E-state index >= 15 is 0 Å². The highest BCUT2D eigenvalue weighted by atomic mass is 19.1. The molecule has 0 saturated carbocycles. The molecule has 0 bridgehead atoms. The Morgan fingerprint density at radius 1 is 1.33 bits per heavy atom. The maximum Gasteiger partial charge on any atom is 0.310 e. The smallest absolute Gasteiger partial charge is 0.310 e. The molecule has 1 rings (SSSR count). The van der Waals surface area contributed by atoms with Crippen molar-refractivity contribution in [3.05, 3.63) is 24.0 Å². The molecule has 0 radical (unpaired) electrons. The Labute approximate surface area is 123 Å². The van der Waals surface area contributed by atoms with Crippen molar-refractivity contribution in [1.29, 1.82) is 0 Å². The summed E-state index contributed by atoms with van der Waals surface area (Å²) >= 11 is 0. The van der Waals surface area contributed by atoms with E-state index in [1.165, 1.54) is 25.3 Å². The minimum absolute atomic E-state index is 0.0169. The first-order valence-electron chi connectivity index (χ1n) is 6.75. The molecule has 0 saturated heterocycles. The number of amides is 1. The molecule has 0 fully saturated rings. The molecule has 5 nitrogen and oxygen atoms in total. The standard InChI is InChI=1S/C15H20FNO4/c1-4-15(5-2,14(19)20)9-13(18)17-10-6-7-11(16)12(8-10)21-3/h6-8H,4-5,9H2,1-3H3,(H,17,18)(H,19,20). The zero-order chi connectivity index (χ0) is 16.0. The maximum atomic E-state index is 13.3. The third-order valence-corrected chi connectivity index (χ3v) is 3.74. The van der Waals surface area contributed by atoms with Crippen LogP contribution in [0.1, 0.15) is 33.1 Å². The molecule has 0 heterocycles. The van der Waals surface area contributed by atoms with Gasteiger partial charge in [-0.15, -0.1) is 0 Å². The van der Waals surface area contributed by atoms with Gasteiger partial charge in [-0.25, -0.2) is 4.39 Å². The normalized spacial score (nSPS) is 11.0. The summed E-state index contributed by atoms with van der Waals surface area (Å²) in [6.07, 6.45) is 0.590. The van der Waals surface area contributed by atoms with Crippen molar-refractivity contribution < 1.29 is 23.8 Å². The number of nitrogens with one attached hydrogen (secondary N) is 1. The number of anilines is 1. The quantitative estimate of drug-likeness (QED) is 0.811. The number of ether oxygens (including phenoxy) is 1. The van der Waals surface area contributed by atoms with E-state index < -0.39 is 23.1 Å². The lowest BCUT2D eigenvalue weighted by Crippen LogP contribution is -2.34. The third-order valence-electron chi connectivity index (χ3n) is 3.74. The molecule has 6 heteroatoms. The van der Waals surface area contributed by atoms with Crippen molar-refractivity contribution in [2.45, 2.75) is 33.1 Å². The zero-order valence-electron chi connectivity index (χ0n) is 12.4. The van der Waals surface area contributed by atoms with Crippen LogP contribution < -0.4 is 10.1 Å². The second-order valence-corrected chi connectivity index (χ2v) is 4.87. The van der Waals surface area contributed by atoms with E-state index in [9.17, 15) is 19.1 Å². The first-order chi connectivity index (χ1) is 9.88. The SMILES string of the molecule is CCC(CC)(CC(=O)Nc1ccc(F)c(OC)c1)C(=O)O. The van der Waals surface area contributed by atoms with Crippen LogP contribution >= 0.6 is 0 Å². The van der Waals surface area contributed by atoms with Gasteiger partial charge in [0, 0.05) is 18.2 Å². The number of carbonyl (C=O) groups excluding carboxylic acids is 1. The van der Waals surface area contributed by atoms with Gasteiger partial charge >= 0.3 is 5.97 Å². The van der Waals surface area contributed by atoms with Gasteiger partial charge in [0.05, 0.1) is 12.5 Å². The summed E-state index contributed by atoms with van der Waals surface area (Å²) in [4.78, 5) is 23.4. The van der Waals surface area contributed by atoms with Crippen molar-refractivity contribution in [3.63, 3.8) is 0 Å². The predicted molar refractivity (Wildman–Crippen MR) is 76.8 cm³/mol. The Morgan fingerprint density at radius 3 is 2.43 bits per heavy atom. The summed E-state index contributed by atoms with van der Waals surface area (Å²) in [6, 6.07) is 3.93. The van der Waals surface area contributed by atoms with Gasteiger partial charge in [-0.1, -0.05) is 13.8 Å². The minimum Gasteiger partial charge on any atom is -0.494 e. The molecule has 21 heavy (non-hydrogen) atoms. The van der Waals surface area contributed by atoms with Crippen molar-refractivity contribution in [2.24, 2.45) is 5.41 Å². The predicted octanol–water partition coefficient (Wildman–Crippen LogP) is 3.05. The van der Waals surface area contributed by atoms with Gasteiger partial charge in [0.1, 0.15) is 0 Å². The van der Waals surface area contributed by atoms with Crippen molar-refractivity contribution in [3.8, 4) is 5.75 Å². The molecule has 0 aliphatic heterocycles.